The van der Waals surface area contributed by atoms with E-state index in [-0.39, 0.29) is 0 Å². The molecular formula is C11H20. The van der Waals surface area contributed by atoms with Gasteiger partial charge in [-0.1, -0.05) is 25.8 Å². The van der Waals surface area contributed by atoms with E-state index in [1.165, 1.54) is 38.5 Å². The Balaban J connectivity index is 2.14. The van der Waals surface area contributed by atoms with E-state index in [0.29, 0.717) is 0 Å². The Labute approximate surface area is 70.7 Å². The highest BCUT2D eigenvalue weighted by Gasteiger charge is 2.29. The van der Waals surface area contributed by atoms with Crippen molar-refractivity contribution in [2.45, 2.75) is 45.4 Å². The molecule has 1 rings (SSSR count). The molecule has 0 bridgehead atoms. The molecule has 1 atom stereocenters. The molecule has 11 heavy (non-hydrogen) atoms. The first-order valence-electron chi connectivity index (χ1n) is 4.99. The topological polar surface area (TPSA) is 0 Å². The summed E-state index contributed by atoms with van der Waals surface area (Å²) >= 11 is 0. The third kappa shape index (κ3) is 3.09. The van der Waals surface area contributed by atoms with Gasteiger partial charge < -0.3 is 0 Å². The predicted molar refractivity (Wildman–Crippen MR) is 50.6 cm³/mol. The number of hydrogen-bond acceptors (Lipinski definition) is 0. The molecule has 1 aliphatic rings. The quantitative estimate of drug-likeness (QED) is 0.508. The van der Waals surface area contributed by atoms with Crippen molar-refractivity contribution in [2.24, 2.45) is 11.8 Å². The van der Waals surface area contributed by atoms with Crippen molar-refractivity contribution >= 4 is 0 Å². The van der Waals surface area contributed by atoms with Gasteiger partial charge in [0.15, 0.2) is 0 Å². The summed E-state index contributed by atoms with van der Waals surface area (Å²) in [6.45, 7) is 6.07. The Kier molecular flexibility index (Phi) is 3.68. The van der Waals surface area contributed by atoms with Gasteiger partial charge in [-0.3, -0.25) is 0 Å². The lowest BCUT2D eigenvalue weighted by molar-refractivity contribution is 0.398. The SMILES string of the molecule is C=CCCC(CCC)C1CC1. The fourth-order valence-corrected chi connectivity index (χ4v) is 1.89. The van der Waals surface area contributed by atoms with Gasteiger partial charge in [-0.15, -0.1) is 6.58 Å². The van der Waals surface area contributed by atoms with Crippen molar-refractivity contribution in [1.82, 2.24) is 0 Å². The lowest BCUT2D eigenvalue weighted by Crippen LogP contribution is -2.01. The second-order valence-electron chi connectivity index (χ2n) is 3.75. The highest BCUT2D eigenvalue weighted by atomic mass is 14.3. The van der Waals surface area contributed by atoms with Crippen LogP contribution in [0.15, 0.2) is 12.7 Å². The van der Waals surface area contributed by atoms with Crippen molar-refractivity contribution < 1.29 is 0 Å². The predicted octanol–water partition coefficient (Wildman–Crippen LogP) is 3.78. The van der Waals surface area contributed by atoms with Crippen LogP contribution in [0.1, 0.15) is 45.4 Å². The van der Waals surface area contributed by atoms with Crippen LogP contribution in [0.4, 0.5) is 0 Å². The second kappa shape index (κ2) is 4.58. The van der Waals surface area contributed by atoms with Crippen LogP contribution in [-0.2, 0) is 0 Å². The molecule has 1 fully saturated rings. The van der Waals surface area contributed by atoms with Crippen LogP contribution in [0.25, 0.3) is 0 Å². The zero-order valence-corrected chi connectivity index (χ0v) is 7.68. The Morgan fingerprint density at radius 1 is 1.45 bits per heavy atom. The van der Waals surface area contributed by atoms with Gasteiger partial charge in [0.25, 0.3) is 0 Å². The minimum atomic E-state index is 1.03. The van der Waals surface area contributed by atoms with E-state index < -0.39 is 0 Å². The molecule has 0 amide bonds. The van der Waals surface area contributed by atoms with Crippen LogP contribution < -0.4 is 0 Å². The highest BCUT2D eigenvalue weighted by molar-refractivity contribution is 4.82. The van der Waals surface area contributed by atoms with Crippen LogP contribution >= 0.6 is 0 Å². The average molecular weight is 152 g/mol. The van der Waals surface area contributed by atoms with Crippen LogP contribution in [0, 0.1) is 11.8 Å². The molecule has 0 nitrogen and oxygen atoms in total. The molecule has 64 valence electrons. The summed E-state index contributed by atoms with van der Waals surface area (Å²) in [5.74, 6) is 2.12. The first-order chi connectivity index (χ1) is 5.38. The van der Waals surface area contributed by atoms with Crippen LogP contribution in [0.2, 0.25) is 0 Å². The Hall–Kier alpha value is -0.260. The molecule has 1 saturated carbocycles. The molecule has 0 saturated heterocycles. The highest BCUT2D eigenvalue weighted by Crippen LogP contribution is 2.41. The standard InChI is InChI=1S/C11H20/c1-3-5-7-10(6-4-2)11-8-9-11/h3,10-11H,1,4-9H2,2H3. The Morgan fingerprint density at radius 3 is 2.64 bits per heavy atom. The molecule has 1 aliphatic carbocycles. The van der Waals surface area contributed by atoms with E-state index in [2.05, 4.69) is 19.6 Å². The lowest BCUT2D eigenvalue weighted by atomic mass is 9.93. The minimum Gasteiger partial charge on any atom is -0.103 e. The van der Waals surface area contributed by atoms with Crippen molar-refractivity contribution in [3.8, 4) is 0 Å². The Bertz CT molecular complexity index is 111. The van der Waals surface area contributed by atoms with Crippen molar-refractivity contribution in [3.05, 3.63) is 12.7 Å². The van der Waals surface area contributed by atoms with E-state index in [9.17, 15) is 0 Å². The summed E-state index contributed by atoms with van der Waals surface area (Å²) in [4.78, 5) is 0. The monoisotopic (exact) mass is 152 g/mol. The largest absolute Gasteiger partial charge is 0.103 e. The van der Waals surface area contributed by atoms with Crippen LogP contribution in [0.5, 0.6) is 0 Å². The van der Waals surface area contributed by atoms with E-state index in [1.54, 1.807) is 0 Å². The van der Waals surface area contributed by atoms with Crippen molar-refractivity contribution in [1.29, 1.82) is 0 Å². The zero-order chi connectivity index (χ0) is 8.10. The first-order valence-corrected chi connectivity index (χ1v) is 4.99. The van der Waals surface area contributed by atoms with Crippen LogP contribution in [0.3, 0.4) is 0 Å². The number of rotatable bonds is 6. The van der Waals surface area contributed by atoms with Gasteiger partial charge in [-0.2, -0.15) is 0 Å². The molecule has 0 aromatic carbocycles. The fraction of sp³-hybridized carbons (Fsp3) is 0.818. The molecule has 0 radical (unpaired) electrons. The van der Waals surface area contributed by atoms with Gasteiger partial charge in [-0.05, 0) is 37.5 Å². The van der Waals surface area contributed by atoms with E-state index >= 15 is 0 Å². The van der Waals surface area contributed by atoms with Crippen molar-refractivity contribution in [3.63, 3.8) is 0 Å². The smallest absolute Gasteiger partial charge is 0.0351 e. The average Bonchev–Trinajstić information content (AvgIpc) is 2.80. The zero-order valence-electron chi connectivity index (χ0n) is 7.68. The van der Waals surface area contributed by atoms with Gasteiger partial charge in [0.1, 0.15) is 0 Å². The summed E-state index contributed by atoms with van der Waals surface area (Å²) in [6.07, 6.45) is 10.5. The molecule has 0 heteroatoms. The number of hydrogen-bond donors (Lipinski definition) is 0. The van der Waals surface area contributed by atoms with E-state index in [0.717, 1.165) is 11.8 Å². The summed E-state index contributed by atoms with van der Waals surface area (Å²) in [5, 5.41) is 0. The molecule has 1 unspecified atom stereocenters. The van der Waals surface area contributed by atoms with E-state index in [1.807, 2.05) is 0 Å². The lowest BCUT2D eigenvalue weighted by Gasteiger charge is -2.13. The van der Waals surface area contributed by atoms with Gasteiger partial charge in [0.2, 0.25) is 0 Å². The molecule has 0 spiro atoms. The maximum absolute atomic E-state index is 3.77. The third-order valence-electron chi connectivity index (χ3n) is 2.69. The van der Waals surface area contributed by atoms with Crippen LogP contribution in [-0.4, -0.2) is 0 Å². The first kappa shape index (κ1) is 8.83. The van der Waals surface area contributed by atoms with Gasteiger partial charge >= 0.3 is 0 Å². The van der Waals surface area contributed by atoms with Crippen molar-refractivity contribution in [2.75, 3.05) is 0 Å². The summed E-state index contributed by atoms with van der Waals surface area (Å²) < 4.78 is 0. The second-order valence-corrected chi connectivity index (χ2v) is 3.75. The van der Waals surface area contributed by atoms with Gasteiger partial charge in [0.05, 0.1) is 0 Å². The fourth-order valence-electron chi connectivity index (χ4n) is 1.89. The molecule has 0 aromatic rings. The maximum atomic E-state index is 3.77. The summed E-state index contributed by atoms with van der Waals surface area (Å²) in [6, 6.07) is 0. The normalized spacial score (nSPS) is 19.7. The molecular weight excluding hydrogens is 132 g/mol. The molecule has 0 heterocycles. The minimum absolute atomic E-state index is 1.03. The van der Waals surface area contributed by atoms with Gasteiger partial charge in [-0.25, -0.2) is 0 Å². The maximum Gasteiger partial charge on any atom is -0.0351 e. The molecule has 0 N–H and O–H groups in total. The third-order valence-corrected chi connectivity index (χ3v) is 2.69. The molecule has 0 aliphatic heterocycles. The summed E-state index contributed by atoms with van der Waals surface area (Å²) in [7, 11) is 0. The number of allylic oxidation sites excluding steroid dienone is 1. The summed E-state index contributed by atoms with van der Waals surface area (Å²) in [5.41, 5.74) is 0. The van der Waals surface area contributed by atoms with Gasteiger partial charge in [0, 0.05) is 0 Å². The molecule has 0 aromatic heterocycles. The van der Waals surface area contributed by atoms with E-state index in [4.69, 9.17) is 0 Å². The Morgan fingerprint density at radius 2 is 2.18 bits per heavy atom.